The Morgan fingerprint density at radius 1 is 1.22 bits per heavy atom. The van der Waals surface area contributed by atoms with E-state index in [0.717, 1.165) is 38.6 Å². The highest BCUT2D eigenvalue weighted by molar-refractivity contribution is 5.85. The quantitative estimate of drug-likeness (QED) is 0.830. The molecule has 2 heterocycles. The normalized spacial score (nSPS) is 24.9. The van der Waals surface area contributed by atoms with E-state index in [-0.39, 0.29) is 12.4 Å². The second-order valence-corrected chi connectivity index (χ2v) is 5.39. The van der Waals surface area contributed by atoms with Gasteiger partial charge in [0.1, 0.15) is 0 Å². The second kappa shape index (κ2) is 7.97. The van der Waals surface area contributed by atoms with Crippen LogP contribution in [0.25, 0.3) is 0 Å². The van der Waals surface area contributed by atoms with Crippen molar-refractivity contribution in [2.75, 3.05) is 46.3 Å². The summed E-state index contributed by atoms with van der Waals surface area (Å²) in [5.41, 5.74) is 0. The third kappa shape index (κ3) is 4.41. The van der Waals surface area contributed by atoms with Crippen molar-refractivity contribution in [1.82, 2.24) is 15.1 Å². The fourth-order valence-corrected chi connectivity index (χ4v) is 2.95. The van der Waals surface area contributed by atoms with Crippen molar-refractivity contribution >= 4 is 18.3 Å². The molecule has 1 unspecified atom stereocenters. The first-order valence-electron chi connectivity index (χ1n) is 6.94. The molecule has 1 atom stereocenters. The highest BCUT2D eigenvalue weighted by atomic mass is 35.5. The van der Waals surface area contributed by atoms with Gasteiger partial charge in [-0.05, 0) is 51.7 Å². The van der Waals surface area contributed by atoms with Gasteiger partial charge in [0.05, 0.1) is 6.54 Å². The molecule has 106 valence electrons. The summed E-state index contributed by atoms with van der Waals surface area (Å²) >= 11 is 0. The Labute approximate surface area is 116 Å². The molecule has 2 aliphatic heterocycles. The van der Waals surface area contributed by atoms with Gasteiger partial charge in [-0.25, -0.2) is 0 Å². The summed E-state index contributed by atoms with van der Waals surface area (Å²) in [6.07, 6.45) is 4.90. The van der Waals surface area contributed by atoms with Crippen LogP contribution >= 0.6 is 12.4 Å². The first kappa shape index (κ1) is 15.7. The molecular formula is C13H26ClN3O. The van der Waals surface area contributed by atoms with Gasteiger partial charge in [0.15, 0.2) is 0 Å². The molecule has 0 saturated carbocycles. The number of carbonyl (C=O) groups excluding carboxylic acids is 1. The SMILES string of the molecule is CNCC1CCN(CC(=O)N2CCCCC2)C1.Cl. The molecule has 1 amide bonds. The van der Waals surface area contributed by atoms with Crippen molar-refractivity contribution < 1.29 is 4.79 Å². The molecule has 0 aliphatic carbocycles. The van der Waals surface area contributed by atoms with Gasteiger partial charge in [-0.15, -0.1) is 12.4 Å². The summed E-state index contributed by atoms with van der Waals surface area (Å²) < 4.78 is 0. The number of nitrogens with one attached hydrogen (secondary N) is 1. The number of hydrogen-bond acceptors (Lipinski definition) is 3. The molecule has 0 spiro atoms. The summed E-state index contributed by atoms with van der Waals surface area (Å²) in [6.45, 7) is 5.85. The van der Waals surface area contributed by atoms with Crippen LogP contribution in [0.3, 0.4) is 0 Å². The van der Waals surface area contributed by atoms with Gasteiger partial charge < -0.3 is 10.2 Å². The molecule has 1 N–H and O–H groups in total. The predicted molar refractivity (Wildman–Crippen MR) is 76.2 cm³/mol. The Morgan fingerprint density at radius 3 is 2.61 bits per heavy atom. The Balaban J connectivity index is 0.00000162. The molecule has 2 aliphatic rings. The van der Waals surface area contributed by atoms with Crippen molar-refractivity contribution in [3.63, 3.8) is 0 Å². The van der Waals surface area contributed by atoms with Crippen molar-refractivity contribution in [2.45, 2.75) is 25.7 Å². The maximum absolute atomic E-state index is 12.1. The van der Waals surface area contributed by atoms with Gasteiger partial charge in [0, 0.05) is 19.6 Å². The number of rotatable bonds is 4. The van der Waals surface area contributed by atoms with Gasteiger partial charge in [-0.2, -0.15) is 0 Å². The molecular weight excluding hydrogens is 250 g/mol. The van der Waals surface area contributed by atoms with Crippen LogP contribution in [0, 0.1) is 5.92 Å². The summed E-state index contributed by atoms with van der Waals surface area (Å²) in [4.78, 5) is 16.5. The van der Waals surface area contributed by atoms with Crippen LogP contribution < -0.4 is 5.32 Å². The molecule has 18 heavy (non-hydrogen) atoms. The average molecular weight is 276 g/mol. The number of carbonyl (C=O) groups is 1. The predicted octanol–water partition coefficient (Wildman–Crippen LogP) is 0.962. The van der Waals surface area contributed by atoms with Crippen molar-refractivity contribution in [1.29, 1.82) is 0 Å². The number of amides is 1. The van der Waals surface area contributed by atoms with E-state index < -0.39 is 0 Å². The van der Waals surface area contributed by atoms with E-state index in [0.29, 0.717) is 12.5 Å². The summed E-state index contributed by atoms with van der Waals surface area (Å²) in [5, 5.41) is 3.22. The minimum absolute atomic E-state index is 0. The van der Waals surface area contributed by atoms with Gasteiger partial charge in [-0.3, -0.25) is 9.69 Å². The lowest BCUT2D eigenvalue weighted by Crippen LogP contribution is -2.42. The molecule has 2 saturated heterocycles. The van der Waals surface area contributed by atoms with E-state index in [1.807, 2.05) is 7.05 Å². The maximum atomic E-state index is 12.1. The van der Waals surface area contributed by atoms with E-state index in [1.54, 1.807) is 0 Å². The number of hydrogen-bond donors (Lipinski definition) is 1. The van der Waals surface area contributed by atoms with E-state index in [2.05, 4.69) is 15.1 Å². The van der Waals surface area contributed by atoms with Crippen LogP contribution in [0.2, 0.25) is 0 Å². The highest BCUT2D eigenvalue weighted by Gasteiger charge is 2.25. The molecule has 2 rings (SSSR count). The van der Waals surface area contributed by atoms with Crippen LogP contribution in [0.5, 0.6) is 0 Å². The molecule has 5 heteroatoms. The molecule has 0 aromatic rings. The molecule has 4 nitrogen and oxygen atoms in total. The Morgan fingerprint density at radius 2 is 1.94 bits per heavy atom. The van der Waals surface area contributed by atoms with Crippen LogP contribution in [0.1, 0.15) is 25.7 Å². The monoisotopic (exact) mass is 275 g/mol. The number of piperidine rings is 1. The van der Waals surface area contributed by atoms with Crippen molar-refractivity contribution in [3.8, 4) is 0 Å². The van der Waals surface area contributed by atoms with E-state index in [4.69, 9.17) is 0 Å². The summed E-state index contributed by atoms with van der Waals surface area (Å²) in [6, 6.07) is 0. The van der Waals surface area contributed by atoms with Crippen LogP contribution in [-0.2, 0) is 4.79 Å². The van der Waals surface area contributed by atoms with Crippen LogP contribution in [-0.4, -0.2) is 62.0 Å². The molecule has 0 aromatic heterocycles. The van der Waals surface area contributed by atoms with E-state index in [1.165, 1.54) is 25.7 Å². The Hall–Kier alpha value is -0.320. The molecule has 0 aromatic carbocycles. The lowest BCUT2D eigenvalue weighted by Gasteiger charge is -2.28. The minimum atomic E-state index is 0. The summed E-state index contributed by atoms with van der Waals surface area (Å²) in [5.74, 6) is 1.07. The third-order valence-electron chi connectivity index (χ3n) is 3.93. The smallest absolute Gasteiger partial charge is 0.236 e. The zero-order valence-electron chi connectivity index (χ0n) is 11.4. The molecule has 0 radical (unpaired) electrons. The average Bonchev–Trinajstić information content (AvgIpc) is 2.78. The van der Waals surface area contributed by atoms with Crippen LogP contribution in [0.15, 0.2) is 0 Å². The lowest BCUT2D eigenvalue weighted by atomic mass is 10.1. The van der Waals surface area contributed by atoms with Gasteiger partial charge >= 0.3 is 0 Å². The van der Waals surface area contributed by atoms with E-state index in [9.17, 15) is 4.79 Å². The largest absolute Gasteiger partial charge is 0.342 e. The number of likely N-dealkylation sites (tertiary alicyclic amines) is 2. The highest BCUT2D eigenvalue weighted by Crippen LogP contribution is 2.16. The topological polar surface area (TPSA) is 35.6 Å². The van der Waals surface area contributed by atoms with Crippen LogP contribution in [0.4, 0.5) is 0 Å². The maximum Gasteiger partial charge on any atom is 0.236 e. The Bertz CT molecular complexity index is 257. The zero-order chi connectivity index (χ0) is 12.1. The first-order chi connectivity index (χ1) is 8.29. The summed E-state index contributed by atoms with van der Waals surface area (Å²) in [7, 11) is 2.00. The van der Waals surface area contributed by atoms with Crippen molar-refractivity contribution in [2.24, 2.45) is 5.92 Å². The minimum Gasteiger partial charge on any atom is -0.342 e. The Kier molecular flexibility index (Phi) is 6.97. The zero-order valence-corrected chi connectivity index (χ0v) is 12.2. The fourth-order valence-electron chi connectivity index (χ4n) is 2.95. The van der Waals surface area contributed by atoms with Gasteiger partial charge in [0.2, 0.25) is 5.91 Å². The molecule has 0 bridgehead atoms. The number of halogens is 1. The van der Waals surface area contributed by atoms with Gasteiger partial charge in [0.25, 0.3) is 0 Å². The molecule has 2 fully saturated rings. The first-order valence-corrected chi connectivity index (χ1v) is 6.94. The van der Waals surface area contributed by atoms with Gasteiger partial charge in [-0.1, -0.05) is 0 Å². The number of nitrogens with zero attached hydrogens (tertiary/aromatic N) is 2. The lowest BCUT2D eigenvalue weighted by molar-refractivity contribution is -0.133. The second-order valence-electron chi connectivity index (χ2n) is 5.39. The third-order valence-corrected chi connectivity index (χ3v) is 3.93. The van der Waals surface area contributed by atoms with Crippen molar-refractivity contribution in [3.05, 3.63) is 0 Å². The fraction of sp³-hybridized carbons (Fsp3) is 0.923. The van der Waals surface area contributed by atoms with E-state index >= 15 is 0 Å². The standard InChI is InChI=1S/C13H25N3O.ClH/c1-14-9-12-5-8-15(10-12)11-13(17)16-6-3-2-4-7-16;/h12,14H,2-11H2,1H3;1H.